The van der Waals surface area contributed by atoms with Crippen molar-refractivity contribution in [2.24, 2.45) is 0 Å². The van der Waals surface area contributed by atoms with Crippen molar-refractivity contribution < 1.29 is 33.7 Å². The Hall–Kier alpha value is -5.58. The first-order chi connectivity index (χ1) is 26.4. The molecular weight excluding hydrogens is 741 g/mol. The number of rotatable bonds is 10. The van der Waals surface area contributed by atoms with Crippen LogP contribution in [0.5, 0.6) is 17.2 Å². The van der Waals surface area contributed by atoms with Crippen molar-refractivity contribution in [3.05, 3.63) is 140 Å². The first-order valence-electron chi connectivity index (χ1n) is 17.9. The molecule has 2 aliphatic rings. The van der Waals surface area contributed by atoms with Gasteiger partial charge in [0.05, 0.1) is 10.0 Å². The van der Waals surface area contributed by atoms with E-state index in [4.69, 9.17) is 37.4 Å². The van der Waals surface area contributed by atoms with Crippen molar-refractivity contribution in [1.29, 1.82) is 0 Å². The second kappa shape index (κ2) is 16.0. The van der Waals surface area contributed by atoms with E-state index in [0.29, 0.717) is 33.9 Å². The van der Waals surface area contributed by atoms with Crippen molar-refractivity contribution in [2.75, 3.05) is 6.61 Å². The van der Waals surface area contributed by atoms with Crippen LogP contribution in [0.1, 0.15) is 52.1 Å². The van der Waals surface area contributed by atoms with Crippen LogP contribution < -0.4 is 19.5 Å². The summed E-state index contributed by atoms with van der Waals surface area (Å²) < 4.78 is 18.5. The summed E-state index contributed by atoms with van der Waals surface area (Å²) in [4.78, 5) is 44.8. The molecule has 0 fully saturated rings. The van der Waals surface area contributed by atoms with E-state index < -0.39 is 24.0 Å². The molecule has 3 atom stereocenters. The smallest absolute Gasteiger partial charge is 0.326 e. The third-order valence-electron chi connectivity index (χ3n) is 10.2. The molecule has 2 aliphatic heterocycles. The van der Waals surface area contributed by atoms with Gasteiger partial charge in [0, 0.05) is 38.2 Å². The van der Waals surface area contributed by atoms with Gasteiger partial charge in [-0.25, -0.2) is 4.79 Å². The second-order valence-corrected chi connectivity index (χ2v) is 14.6. The minimum Gasteiger partial charge on any atom is -0.489 e. The molecule has 0 saturated heterocycles. The predicted molar refractivity (Wildman–Crippen MR) is 209 cm³/mol. The molecule has 0 bridgehead atoms. The first kappa shape index (κ1) is 37.7. The number of pyridine rings is 1. The van der Waals surface area contributed by atoms with Gasteiger partial charge >= 0.3 is 5.97 Å². The molecular formula is C43H39Cl2N3O7. The predicted octanol–water partition coefficient (Wildman–Crippen LogP) is 7.85. The topological polar surface area (TPSA) is 127 Å². The molecule has 282 valence electrons. The number of benzene rings is 4. The summed E-state index contributed by atoms with van der Waals surface area (Å²) in [5.74, 6) is -0.248. The maximum Gasteiger partial charge on any atom is 0.326 e. The summed E-state index contributed by atoms with van der Waals surface area (Å²) in [5, 5.41) is 13.8. The average Bonchev–Trinajstić information content (AvgIpc) is 3.18. The Labute approximate surface area is 329 Å². The fourth-order valence-corrected chi connectivity index (χ4v) is 7.25. The number of aryl methyl sites for hydroxylation is 1. The van der Waals surface area contributed by atoms with Gasteiger partial charge in [-0.2, -0.15) is 0 Å². The molecule has 10 nitrogen and oxygen atoms in total. The summed E-state index contributed by atoms with van der Waals surface area (Å²) in [6.45, 7) is 6.13. The number of nitrogens with zero attached hydrogens (tertiary/aromatic N) is 2. The van der Waals surface area contributed by atoms with Gasteiger partial charge in [0.25, 0.3) is 0 Å². The lowest BCUT2D eigenvalue weighted by Gasteiger charge is -2.37. The summed E-state index contributed by atoms with van der Waals surface area (Å²) >= 11 is 12.1. The second-order valence-electron chi connectivity index (χ2n) is 13.8. The van der Waals surface area contributed by atoms with Crippen LogP contribution in [-0.2, 0) is 40.4 Å². The Morgan fingerprint density at radius 3 is 2.36 bits per heavy atom. The highest BCUT2D eigenvalue weighted by Gasteiger charge is 2.37. The molecule has 2 amide bonds. The summed E-state index contributed by atoms with van der Waals surface area (Å²) in [7, 11) is 0. The van der Waals surface area contributed by atoms with Crippen LogP contribution in [-0.4, -0.2) is 51.5 Å². The number of carboxylic acid groups (broad SMARTS) is 1. The van der Waals surface area contributed by atoms with Crippen LogP contribution in [0.15, 0.2) is 91.1 Å². The average molecular weight is 781 g/mol. The summed E-state index contributed by atoms with van der Waals surface area (Å²) in [6.07, 6.45) is 1.65. The van der Waals surface area contributed by atoms with Crippen LogP contribution in [0.25, 0.3) is 11.1 Å². The Morgan fingerprint density at radius 1 is 0.927 bits per heavy atom. The zero-order valence-corrected chi connectivity index (χ0v) is 32.0. The highest BCUT2D eigenvalue weighted by atomic mass is 35.5. The number of halogens is 2. The third kappa shape index (κ3) is 8.40. The van der Waals surface area contributed by atoms with E-state index in [2.05, 4.69) is 10.3 Å². The first-order valence-corrected chi connectivity index (χ1v) is 18.6. The number of fused-ring (bicyclic) bond motifs is 2. The standard InChI is InChI=1S/C43H39Cl2N3O7/c1-24-25(2)46-15-14-34(24)29-7-4-27(5-8-29)17-37(43(51)52)47-42(50)38-18-31-19-39-40(20-32(31)21-48(38)26(3)49)55-41(23-54-39)30-9-11-33(12-10-30)53-22-28-6-13-35(44)36(45)16-28/h4-16,19-20,37-38,41H,17-18,21-23H2,1-3H3,(H,47,50)(H,51,52)/t37-,38-,41+/m0/s1. The third-order valence-corrected chi connectivity index (χ3v) is 10.9. The number of hydrogen-bond donors (Lipinski definition) is 2. The number of hydrogen-bond acceptors (Lipinski definition) is 7. The number of carbonyl (C=O) groups excluding carboxylic acids is 2. The number of nitrogens with one attached hydrogen (secondary N) is 1. The lowest BCUT2D eigenvalue weighted by atomic mass is 9.92. The van der Waals surface area contributed by atoms with Crippen molar-refractivity contribution in [3.8, 4) is 28.4 Å². The van der Waals surface area contributed by atoms with Gasteiger partial charge in [0.15, 0.2) is 17.6 Å². The highest BCUT2D eigenvalue weighted by Crippen LogP contribution is 2.41. The maximum absolute atomic E-state index is 13.7. The number of amides is 2. The van der Waals surface area contributed by atoms with E-state index in [-0.39, 0.29) is 38.0 Å². The van der Waals surface area contributed by atoms with Gasteiger partial charge in [-0.05, 0) is 101 Å². The Morgan fingerprint density at radius 2 is 1.65 bits per heavy atom. The van der Waals surface area contributed by atoms with Crippen molar-refractivity contribution in [3.63, 3.8) is 0 Å². The van der Waals surface area contributed by atoms with Crippen molar-refractivity contribution >= 4 is 41.0 Å². The van der Waals surface area contributed by atoms with Gasteiger partial charge in [0.2, 0.25) is 11.8 Å². The molecule has 0 spiro atoms. The minimum absolute atomic E-state index is 0.0768. The molecule has 4 aromatic carbocycles. The molecule has 0 radical (unpaired) electrons. The molecule has 7 rings (SSSR count). The van der Waals surface area contributed by atoms with Crippen LogP contribution in [0, 0.1) is 13.8 Å². The molecule has 0 aliphatic carbocycles. The van der Waals surface area contributed by atoms with Crippen molar-refractivity contribution in [2.45, 2.75) is 65.0 Å². The lowest BCUT2D eigenvalue weighted by Crippen LogP contribution is -2.55. The van der Waals surface area contributed by atoms with Gasteiger partial charge in [-0.15, -0.1) is 0 Å². The zero-order chi connectivity index (χ0) is 38.8. The van der Waals surface area contributed by atoms with E-state index in [1.807, 2.05) is 86.6 Å². The van der Waals surface area contributed by atoms with Crippen LogP contribution >= 0.6 is 23.2 Å². The van der Waals surface area contributed by atoms with Crippen LogP contribution in [0.4, 0.5) is 0 Å². The Kier molecular flexibility index (Phi) is 11.0. The molecule has 3 heterocycles. The number of carbonyl (C=O) groups is 3. The Bertz CT molecular complexity index is 2260. The monoisotopic (exact) mass is 779 g/mol. The number of aromatic nitrogens is 1. The molecule has 5 aromatic rings. The quantitative estimate of drug-likeness (QED) is 0.147. The number of aliphatic carboxylic acids is 1. The van der Waals surface area contributed by atoms with Gasteiger partial charge in [0.1, 0.15) is 31.0 Å². The van der Waals surface area contributed by atoms with Crippen molar-refractivity contribution in [1.82, 2.24) is 15.2 Å². The van der Waals surface area contributed by atoms with Gasteiger partial charge in [-0.3, -0.25) is 14.6 Å². The zero-order valence-electron chi connectivity index (χ0n) is 30.5. The van der Waals surface area contributed by atoms with Crippen LogP contribution in [0.2, 0.25) is 10.0 Å². The number of carboxylic acids is 1. The maximum atomic E-state index is 13.7. The molecule has 12 heteroatoms. The molecule has 0 saturated carbocycles. The van der Waals surface area contributed by atoms with E-state index in [1.54, 1.807) is 18.3 Å². The minimum atomic E-state index is -1.20. The van der Waals surface area contributed by atoms with E-state index in [9.17, 15) is 19.5 Å². The fraction of sp³-hybridized carbons (Fsp3) is 0.256. The van der Waals surface area contributed by atoms with E-state index in [1.165, 1.54) is 11.8 Å². The molecule has 1 aromatic heterocycles. The molecule has 0 unspecified atom stereocenters. The van der Waals surface area contributed by atoms with Gasteiger partial charge in [-0.1, -0.05) is 65.7 Å². The van der Waals surface area contributed by atoms with E-state index >= 15 is 0 Å². The lowest BCUT2D eigenvalue weighted by molar-refractivity contribution is -0.144. The SMILES string of the molecule is CC(=O)N1Cc2cc3c(cc2C[C@H]1C(=O)N[C@@H](Cc1ccc(-c2ccnc(C)c2C)cc1)C(=O)O)OC[C@H](c1ccc(OCc2ccc(Cl)c(Cl)c2)cc1)O3. The summed E-state index contributed by atoms with van der Waals surface area (Å²) in [6, 6.07) is 24.1. The van der Waals surface area contributed by atoms with Gasteiger partial charge < -0.3 is 29.5 Å². The van der Waals surface area contributed by atoms with E-state index in [0.717, 1.165) is 50.2 Å². The molecule has 2 N–H and O–H groups in total. The normalized spacial score (nSPS) is 16.5. The molecule has 55 heavy (non-hydrogen) atoms. The summed E-state index contributed by atoms with van der Waals surface area (Å²) in [5.41, 5.74) is 8.25. The fourth-order valence-electron chi connectivity index (χ4n) is 6.93. The Balaban J connectivity index is 1.00. The largest absolute Gasteiger partial charge is 0.489 e. The van der Waals surface area contributed by atoms with Crippen LogP contribution in [0.3, 0.4) is 0 Å². The highest BCUT2D eigenvalue weighted by molar-refractivity contribution is 6.42. The number of ether oxygens (including phenoxy) is 3.